The second kappa shape index (κ2) is 7.43. The third-order valence-electron chi connectivity index (χ3n) is 4.37. The van der Waals surface area contributed by atoms with Crippen molar-refractivity contribution in [2.45, 2.75) is 13.0 Å². The number of halogens is 2. The third-order valence-corrected chi connectivity index (χ3v) is 6.58. The number of amides is 1. The summed E-state index contributed by atoms with van der Waals surface area (Å²) < 4.78 is 7.26. The third kappa shape index (κ3) is 3.47. The summed E-state index contributed by atoms with van der Waals surface area (Å²) in [6.07, 6.45) is 1.67. The minimum atomic E-state index is -0.147. The number of thiocarbonyl (C=S) groups is 1. The van der Waals surface area contributed by atoms with Crippen LogP contribution in [0.15, 0.2) is 62.3 Å². The van der Waals surface area contributed by atoms with Crippen molar-refractivity contribution < 1.29 is 9.21 Å². The second-order valence-corrected chi connectivity index (χ2v) is 9.03. The van der Waals surface area contributed by atoms with E-state index in [9.17, 15) is 4.79 Å². The highest BCUT2D eigenvalue weighted by atomic mass is 79.9. The summed E-state index contributed by atoms with van der Waals surface area (Å²) in [7, 11) is 0. The quantitative estimate of drug-likeness (QED) is 0.306. The van der Waals surface area contributed by atoms with Crippen LogP contribution >= 0.6 is 51.5 Å². The highest BCUT2D eigenvalue weighted by Gasteiger charge is 2.36. The number of benzene rings is 2. The zero-order valence-corrected chi connectivity index (χ0v) is 18.1. The SMILES string of the molecule is C[C@H](c1ccccc1)N1C(=O)/C(=C/c2oc3ccc(Br)cc3c2Cl)SC1=S. The van der Waals surface area contributed by atoms with Crippen molar-refractivity contribution in [3.05, 3.63) is 74.3 Å². The molecule has 3 aromatic rings. The topological polar surface area (TPSA) is 33.5 Å². The normalized spacial score (nSPS) is 17.3. The molecule has 1 fully saturated rings. The van der Waals surface area contributed by atoms with Crippen LogP contribution in [0.3, 0.4) is 0 Å². The smallest absolute Gasteiger partial charge is 0.266 e. The number of fused-ring (bicyclic) bond motifs is 1. The Hall–Kier alpha value is -1.60. The molecular formula is C20H13BrClNO2S2. The van der Waals surface area contributed by atoms with Gasteiger partial charge in [0.2, 0.25) is 0 Å². The fourth-order valence-electron chi connectivity index (χ4n) is 2.96. The van der Waals surface area contributed by atoms with Crippen LogP contribution in [0.5, 0.6) is 0 Å². The van der Waals surface area contributed by atoms with E-state index >= 15 is 0 Å². The van der Waals surface area contributed by atoms with E-state index in [2.05, 4.69) is 15.9 Å². The molecule has 4 rings (SSSR count). The maximum atomic E-state index is 13.0. The zero-order chi connectivity index (χ0) is 19.1. The summed E-state index contributed by atoms with van der Waals surface area (Å²) >= 11 is 16.6. The number of thioether (sulfide) groups is 1. The zero-order valence-electron chi connectivity index (χ0n) is 14.1. The molecule has 0 N–H and O–H groups in total. The highest BCUT2D eigenvalue weighted by Crippen LogP contribution is 2.40. The van der Waals surface area contributed by atoms with Crippen molar-refractivity contribution in [3.8, 4) is 0 Å². The molecular weight excluding hydrogens is 466 g/mol. The molecule has 0 unspecified atom stereocenters. The molecule has 27 heavy (non-hydrogen) atoms. The van der Waals surface area contributed by atoms with E-state index in [-0.39, 0.29) is 11.9 Å². The molecule has 0 spiro atoms. The van der Waals surface area contributed by atoms with Crippen molar-refractivity contribution in [1.82, 2.24) is 4.90 Å². The van der Waals surface area contributed by atoms with Gasteiger partial charge in [0, 0.05) is 15.9 Å². The monoisotopic (exact) mass is 477 g/mol. The minimum Gasteiger partial charge on any atom is -0.455 e. The average Bonchev–Trinajstić information content (AvgIpc) is 3.12. The van der Waals surface area contributed by atoms with E-state index in [0.717, 1.165) is 15.4 Å². The van der Waals surface area contributed by atoms with Crippen LogP contribution in [0, 0.1) is 0 Å². The molecule has 1 aromatic heterocycles. The number of nitrogens with zero attached hydrogens (tertiary/aromatic N) is 1. The van der Waals surface area contributed by atoms with Gasteiger partial charge in [-0.1, -0.05) is 81.8 Å². The summed E-state index contributed by atoms with van der Waals surface area (Å²) in [5.41, 5.74) is 1.70. The lowest BCUT2D eigenvalue weighted by Gasteiger charge is -2.23. The first kappa shape index (κ1) is 18.7. The number of carbonyl (C=O) groups excluding carboxylic acids is 1. The van der Waals surface area contributed by atoms with Crippen molar-refractivity contribution >= 4 is 78.8 Å². The molecule has 0 aliphatic carbocycles. The number of carbonyl (C=O) groups is 1. The summed E-state index contributed by atoms with van der Waals surface area (Å²) in [6, 6.07) is 15.3. The molecule has 1 atom stereocenters. The lowest BCUT2D eigenvalue weighted by molar-refractivity contribution is -0.123. The van der Waals surface area contributed by atoms with E-state index in [1.54, 1.807) is 11.0 Å². The van der Waals surface area contributed by atoms with Gasteiger partial charge in [-0.2, -0.15) is 0 Å². The van der Waals surface area contributed by atoms with Gasteiger partial charge in [0.05, 0.1) is 16.0 Å². The van der Waals surface area contributed by atoms with Gasteiger partial charge in [0.15, 0.2) is 0 Å². The van der Waals surface area contributed by atoms with Gasteiger partial charge in [-0.3, -0.25) is 9.69 Å². The molecule has 2 aromatic carbocycles. The average molecular weight is 479 g/mol. The molecule has 1 saturated heterocycles. The lowest BCUT2D eigenvalue weighted by atomic mass is 10.1. The Labute approximate surface area is 179 Å². The highest BCUT2D eigenvalue weighted by molar-refractivity contribution is 9.10. The van der Waals surface area contributed by atoms with Crippen LogP contribution in [0.4, 0.5) is 0 Å². The maximum Gasteiger partial charge on any atom is 0.266 e. The minimum absolute atomic E-state index is 0.140. The number of rotatable bonds is 3. The molecule has 0 saturated carbocycles. The van der Waals surface area contributed by atoms with Gasteiger partial charge in [-0.15, -0.1) is 0 Å². The molecule has 0 bridgehead atoms. The number of hydrogen-bond donors (Lipinski definition) is 0. The first-order valence-corrected chi connectivity index (χ1v) is 10.5. The Balaban J connectivity index is 1.69. The van der Waals surface area contributed by atoms with Crippen LogP contribution in [0.1, 0.15) is 24.3 Å². The Morgan fingerprint density at radius 2 is 2.00 bits per heavy atom. The Morgan fingerprint density at radius 3 is 2.74 bits per heavy atom. The summed E-state index contributed by atoms with van der Waals surface area (Å²) in [6.45, 7) is 1.97. The summed E-state index contributed by atoms with van der Waals surface area (Å²) in [5, 5.41) is 1.28. The Bertz CT molecular complexity index is 1090. The fraction of sp³-hybridized carbons (Fsp3) is 0.100. The van der Waals surface area contributed by atoms with E-state index in [0.29, 0.717) is 25.6 Å². The Kier molecular flexibility index (Phi) is 5.16. The number of furan rings is 1. The summed E-state index contributed by atoms with van der Waals surface area (Å²) in [5.74, 6) is 0.316. The molecule has 1 aliphatic heterocycles. The molecule has 1 amide bonds. The van der Waals surface area contributed by atoms with Crippen LogP contribution in [-0.2, 0) is 4.79 Å². The van der Waals surface area contributed by atoms with E-state index in [1.165, 1.54) is 11.8 Å². The number of hydrogen-bond acceptors (Lipinski definition) is 4. The predicted octanol–water partition coefficient (Wildman–Crippen LogP) is 6.81. The van der Waals surface area contributed by atoms with Crippen LogP contribution < -0.4 is 0 Å². The standard InChI is InChI=1S/C20H13BrClNO2S2/c1-11(12-5-3-2-4-6-12)23-19(24)17(27-20(23)26)10-16-18(22)14-9-13(21)7-8-15(14)25-16/h2-11H,1H3/b17-10-/t11-/m1/s1. The Morgan fingerprint density at radius 1 is 1.26 bits per heavy atom. The van der Waals surface area contributed by atoms with E-state index < -0.39 is 0 Å². The first-order valence-electron chi connectivity index (χ1n) is 8.15. The van der Waals surface area contributed by atoms with Crippen molar-refractivity contribution in [1.29, 1.82) is 0 Å². The first-order chi connectivity index (χ1) is 13.0. The maximum absolute atomic E-state index is 13.0. The van der Waals surface area contributed by atoms with Crippen molar-refractivity contribution in [2.24, 2.45) is 0 Å². The molecule has 0 radical (unpaired) electrons. The molecule has 136 valence electrons. The largest absolute Gasteiger partial charge is 0.455 e. The molecule has 3 nitrogen and oxygen atoms in total. The van der Waals surface area contributed by atoms with E-state index in [1.807, 2.05) is 55.5 Å². The van der Waals surface area contributed by atoms with Crippen LogP contribution in [0.2, 0.25) is 5.02 Å². The second-order valence-electron chi connectivity index (χ2n) is 6.06. The van der Waals surface area contributed by atoms with Crippen molar-refractivity contribution in [2.75, 3.05) is 0 Å². The fourth-order valence-corrected chi connectivity index (χ4v) is 4.96. The van der Waals surface area contributed by atoms with Gasteiger partial charge < -0.3 is 4.42 Å². The van der Waals surface area contributed by atoms with Gasteiger partial charge >= 0.3 is 0 Å². The van der Waals surface area contributed by atoms with Crippen LogP contribution in [0.25, 0.3) is 17.0 Å². The van der Waals surface area contributed by atoms with Gasteiger partial charge in [-0.25, -0.2) is 0 Å². The van der Waals surface area contributed by atoms with Gasteiger partial charge in [0.1, 0.15) is 15.7 Å². The predicted molar refractivity (Wildman–Crippen MR) is 119 cm³/mol. The molecule has 7 heteroatoms. The summed E-state index contributed by atoms with van der Waals surface area (Å²) in [4.78, 5) is 15.1. The lowest BCUT2D eigenvalue weighted by Crippen LogP contribution is -2.30. The van der Waals surface area contributed by atoms with Crippen LogP contribution in [-0.4, -0.2) is 15.1 Å². The van der Waals surface area contributed by atoms with Crippen molar-refractivity contribution in [3.63, 3.8) is 0 Å². The van der Waals surface area contributed by atoms with Gasteiger partial charge in [0.25, 0.3) is 5.91 Å². The molecule has 1 aliphatic rings. The van der Waals surface area contributed by atoms with E-state index in [4.69, 9.17) is 28.2 Å². The molecule has 2 heterocycles. The van der Waals surface area contributed by atoms with Gasteiger partial charge in [-0.05, 0) is 30.7 Å².